The van der Waals surface area contributed by atoms with Gasteiger partial charge in [-0.25, -0.2) is 0 Å². The van der Waals surface area contributed by atoms with E-state index >= 15 is 0 Å². The second-order valence-electron chi connectivity index (χ2n) is 3.71. The number of hydrogen-bond acceptors (Lipinski definition) is 3. The number of hydrogen-bond donors (Lipinski definition) is 1. The van der Waals surface area contributed by atoms with Crippen molar-refractivity contribution in [3.05, 3.63) is 21.3 Å². The van der Waals surface area contributed by atoms with Crippen LogP contribution in [0.1, 0.15) is 18.4 Å². The highest BCUT2D eigenvalue weighted by Crippen LogP contribution is 2.24. The van der Waals surface area contributed by atoms with Gasteiger partial charge in [0.05, 0.1) is 10.9 Å². The smallest absolute Gasteiger partial charge is 0.0931 e. The molecule has 1 aromatic rings. The van der Waals surface area contributed by atoms with E-state index in [1.807, 2.05) is 6.07 Å². The van der Waals surface area contributed by atoms with Gasteiger partial charge in [0.2, 0.25) is 0 Å². The highest BCUT2D eigenvalue weighted by molar-refractivity contribution is 7.14. The lowest BCUT2D eigenvalue weighted by atomic mass is 10.2. The van der Waals surface area contributed by atoms with Gasteiger partial charge in [0, 0.05) is 12.6 Å². The Kier molecular flexibility index (Phi) is 3.44. The average molecular weight is 232 g/mol. The summed E-state index contributed by atoms with van der Waals surface area (Å²) in [7, 11) is 0. The van der Waals surface area contributed by atoms with Crippen molar-refractivity contribution in [2.75, 3.05) is 13.2 Å². The molecule has 4 heteroatoms. The van der Waals surface area contributed by atoms with E-state index in [1.54, 1.807) is 11.3 Å². The zero-order valence-corrected chi connectivity index (χ0v) is 9.52. The Morgan fingerprint density at radius 2 is 2.50 bits per heavy atom. The number of aliphatic hydroxyl groups is 1. The molecular weight excluding hydrogens is 218 g/mol. The van der Waals surface area contributed by atoms with Crippen LogP contribution in [0.3, 0.4) is 0 Å². The molecule has 0 aromatic carbocycles. The first kappa shape index (κ1) is 10.4. The van der Waals surface area contributed by atoms with Crippen LogP contribution in [0, 0.1) is 0 Å². The largest absolute Gasteiger partial charge is 0.395 e. The van der Waals surface area contributed by atoms with E-state index in [1.165, 1.54) is 12.0 Å². The minimum Gasteiger partial charge on any atom is -0.395 e. The van der Waals surface area contributed by atoms with Gasteiger partial charge in [-0.2, -0.15) is 0 Å². The maximum absolute atomic E-state index is 9.15. The molecule has 0 amide bonds. The molecule has 0 saturated carbocycles. The zero-order chi connectivity index (χ0) is 9.97. The lowest BCUT2D eigenvalue weighted by Crippen LogP contribution is -2.31. The Labute approximate surface area is 93.1 Å². The molecule has 0 aliphatic carbocycles. The van der Waals surface area contributed by atoms with Gasteiger partial charge in [-0.3, -0.25) is 4.90 Å². The predicted octanol–water partition coefficient (Wildman–Crippen LogP) is 2.36. The Balaban J connectivity index is 1.96. The van der Waals surface area contributed by atoms with E-state index in [4.69, 9.17) is 16.7 Å². The summed E-state index contributed by atoms with van der Waals surface area (Å²) < 4.78 is 0.847. The van der Waals surface area contributed by atoms with Gasteiger partial charge in [0.15, 0.2) is 0 Å². The second-order valence-corrected chi connectivity index (χ2v) is 5.25. The molecule has 1 aromatic heterocycles. The van der Waals surface area contributed by atoms with Crippen molar-refractivity contribution in [1.29, 1.82) is 0 Å². The topological polar surface area (TPSA) is 23.5 Å². The Morgan fingerprint density at radius 1 is 1.64 bits per heavy atom. The van der Waals surface area contributed by atoms with Crippen molar-refractivity contribution < 1.29 is 5.11 Å². The van der Waals surface area contributed by atoms with Gasteiger partial charge >= 0.3 is 0 Å². The molecule has 1 aliphatic heterocycles. The fourth-order valence-electron chi connectivity index (χ4n) is 1.97. The van der Waals surface area contributed by atoms with Gasteiger partial charge in [0.1, 0.15) is 0 Å². The molecule has 2 heterocycles. The van der Waals surface area contributed by atoms with Gasteiger partial charge in [-0.05, 0) is 36.4 Å². The fraction of sp³-hybridized carbons (Fsp3) is 0.600. The first-order valence-corrected chi connectivity index (χ1v) is 6.13. The average Bonchev–Trinajstić information content (AvgIpc) is 2.76. The van der Waals surface area contributed by atoms with Crippen LogP contribution in [0.4, 0.5) is 0 Å². The normalized spacial score (nSPS) is 23.1. The summed E-state index contributed by atoms with van der Waals surface area (Å²) in [5, 5.41) is 11.2. The van der Waals surface area contributed by atoms with Crippen molar-refractivity contribution in [2.24, 2.45) is 0 Å². The Hall–Kier alpha value is -0.0900. The molecule has 1 atom stereocenters. The van der Waals surface area contributed by atoms with Crippen molar-refractivity contribution in [2.45, 2.75) is 25.4 Å². The monoisotopic (exact) mass is 231 g/mol. The maximum Gasteiger partial charge on any atom is 0.0931 e. The summed E-state index contributed by atoms with van der Waals surface area (Å²) in [4.78, 5) is 2.33. The number of nitrogens with zero attached hydrogens (tertiary/aromatic N) is 1. The van der Waals surface area contributed by atoms with Crippen molar-refractivity contribution >= 4 is 22.9 Å². The first-order chi connectivity index (χ1) is 6.79. The highest BCUT2D eigenvalue weighted by atomic mass is 35.5. The molecule has 1 N–H and O–H groups in total. The van der Waals surface area contributed by atoms with Crippen LogP contribution in [0.2, 0.25) is 4.34 Å². The number of halogens is 1. The van der Waals surface area contributed by atoms with Gasteiger partial charge < -0.3 is 5.11 Å². The lowest BCUT2D eigenvalue weighted by molar-refractivity contribution is 0.154. The van der Waals surface area contributed by atoms with Crippen LogP contribution < -0.4 is 0 Å². The Bertz CT molecular complexity index is 302. The highest BCUT2D eigenvalue weighted by Gasteiger charge is 2.23. The summed E-state index contributed by atoms with van der Waals surface area (Å²) in [5.41, 5.74) is 1.26. The third kappa shape index (κ3) is 2.28. The van der Waals surface area contributed by atoms with E-state index in [-0.39, 0.29) is 6.61 Å². The van der Waals surface area contributed by atoms with Crippen molar-refractivity contribution in [3.8, 4) is 0 Å². The second kappa shape index (κ2) is 4.62. The number of likely N-dealkylation sites (tertiary alicyclic amines) is 1. The maximum atomic E-state index is 9.15. The third-order valence-corrected chi connectivity index (χ3v) is 3.86. The summed E-state index contributed by atoms with van der Waals surface area (Å²) in [5.74, 6) is 0. The molecule has 0 bridgehead atoms. The van der Waals surface area contributed by atoms with Crippen molar-refractivity contribution in [1.82, 2.24) is 4.90 Å². The number of thiophene rings is 1. The fourth-order valence-corrected chi connectivity index (χ4v) is 2.87. The number of aliphatic hydroxyl groups excluding tert-OH is 1. The SMILES string of the molecule is OC[C@@H]1CCCN1Cc1csc(Cl)c1. The predicted molar refractivity (Wildman–Crippen MR) is 59.8 cm³/mol. The van der Waals surface area contributed by atoms with E-state index in [2.05, 4.69) is 10.3 Å². The van der Waals surface area contributed by atoms with Crippen LogP contribution in [0.25, 0.3) is 0 Å². The summed E-state index contributed by atoms with van der Waals surface area (Å²) in [6.45, 7) is 2.30. The molecule has 2 nitrogen and oxygen atoms in total. The van der Waals surface area contributed by atoms with Gasteiger partial charge in [-0.15, -0.1) is 11.3 Å². The van der Waals surface area contributed by atoms with Crippen LogP contribution >= 0.6 is 22.9 Å². The standard InChI is InChI=1S/C10H14ClNOS/c11-10-4-8(7-14-10)5-12-3-1-2-9(12)6-13/h4,7,9,13H,1-3,5-6H2/t9-/m0/s1. The van der Waals surface area contributed by atoms with Crippen LogP contribution in [-0.4, -0.2) is 29.2 Å². The first-order valence-electron chi connectivity index (χ1n) is 4.87. The van der Waals surface area contributed by atoms with E-state index in [0.29, 0.717) is 6.04 Å². The summed E-state index contributed by atoms with van der Waals surface area (Å²) >= 11 is 7.44. The Morgan fingerprint density at radius 3 is 3.14 bits per heavy atom. The van der Waals surface area contributed by atoms with Crippen LogP contribution in [0.5, 0.6) is 0 Å². The van der Waals surface area contributed by atoms with Crippen LogP contribution in [0.15, 0.2) is 11.4 Å². The van der Waals surface area contributed by atoms with E-state index in [0.717, 1.165) is 23.8 Å². The van der Waals surface area contributed by atoms with Gasteiger partial charge in [-0.1, -0.05) is 11.6 Å². The van der Waals surface area contributed by atoms with Crippen molar-refractivity contribution in [3.63, 3.8) is 0 Å². The molecule has 14 heavy (non-hydrogen) atoms. The minimum atomic E-state index is 0.276. The molecule has 0 spiro atoms. The third-order valence-electron chi connectivity index (χ3n) is 2.72. The molecule has 1 fully saturated rings. The molecule has 0 unspecified atom stereocenters. The lowest BCUT2D eigenvalue weighted by Gasteiger charge is -2.21. The van der Waals surface area contributed by atoms with Crippen LogP contribution in [-0.2, 0) is 6.54 Å². The molecular formula is C10H14ClNOS. The van der Waals surface area contributed by atoms with Gasteiger partial charge in [0.25, 0.3) is 0 Å². The summed E-state index contributed by atoms with van der Waals surface area (Å²) in [6.07, 6.45) is 2.32. The molecule has 2 rings (SSSR count). The molecule has 1 saturated heterocycles. The summed E-state index contributed by atoms with van der Waals surface area (Å²) in [6, 6.07) is 2.37. The minimum absolute atomic E-state index is 0.276. The zero-order valence-electron chi connectivity index (χ0n) is 7.95. The number of rotatable bonds is 3. The molecule has 0 radical (unpaired) electrons. The molecule has 78 valence electrons. The molecule has 1 aliphatic rings. The van der Waals surface area contributed by atoms with E-state index < -0.39 is 0 Å². The van der Waals surface area contributed by atoms with E-state index in [9.17, 15) is 0 Å². The quantitative estimate of drug-likeness (QED) is 0.864.